The van der Waals surface area contributed by atoms with E-state index in [0.717, 1.165) is 18.4 Å². The predicted octanol–water partition coefficient (Wildman–Crippen LogP) is 3.34. The van der Waals surface area contributed by atoms with E-state index < -0.39 is 15.6 Å². The van der Waals surface area contributed by atoms with Crippen molar-refractivity contribution in [2.24, 2.45) is 0 Å². The second-order valence-corrected chi connectivity index (χ2v) is 9.72. The third kappa shape index (κ3) is 4.80. The molecule has 1 unspecified atom stereocenters. The fourth-order valence-electron chi connectivity index (χ4n) is 3.43. The van der Waals surface area contributed by atoms with Gasteiger partial charge in [-0.25, -0.2) is 17.5 Å². The van der Waals surface area contributed by atoms with Crippen molar-refractivity contribution in [1.82, 2.24) is 9.62 Å². The minimum Gasteiger partial charge on any atom is -0.438 e. The largest absolute Gasteiger partial charge is 0.438 e. The molecule has 1 aromatic carbocycles. The quantitative estimate of drug-likeness (QED) is 0.823. The highest BCUT2D eigenvalue weighted by Crippen LogP contribution is 2.25. The van der Waals surface area contributed by atoms with Gasteiger partial charge in [0, 0.05) is 18.1 Å². The number of furan rings is 1. The van der Waals surface area contributed by atoms with Gasteiger partial charge in [-0.05, 0) is 69.9 Å². The molecule has 0 radical (unpaired) electrons. The van der Waals surface area contributed by atoms with Gasteiger partial charge in [0.2, 0.25) is 5.09 Å². The Balaban J connectivity index is 1.75. The molecule has 0 aliphatic carbocycles. The number of hydrogen-bond donors (Lipinski definition) is 1. The zero-order chi connectivity index (χ0) is 20.5. The Morgan fingerprint density at radius 3 is 2.71 bits per heavy atom. The molecule has 1 atom stereocenters. The van der Waals surface area contributed by atoms with Crippen LogP contribution < -0.4 is 4.72 Å². The highest BCUT2D eigenvalue weighted by atomic mass is 32.2. The monoisotopic (exact) mass is 408 g/mol. The molecule has 1 saturated heterocycles. The van der Waals surface area contributed by atoms with Crippen molar-refractivity contribution in [2.75, 3.05) is 6.54 Å². The van der Waals surface area contributed by atoms with Gasteiger partial charge in [0.25, 0.3) is 15.9 Å². The summed E-state index contributed by atoms with van der Waals surface area (Å²) in [6, 6.07) is 8.94. The van der Waals surface area contributed by atoms with Crippen LogP contribution in [0.1, 0.15) is 49.7 Å². The van der Waals surface area contributed by atoms with Crippen LogP contribution in [0.5, 0.6) is 0 Å². The van der Waals surface area contributed by atoms with E-state index in [4.69, 9.17) is 4.42 Å². The average molecular weight is 408 g/mol. The van der Waals surface area contributed by atoms with Crippen molar-refractivity contribution in [2.45, 2.75) is 56.7 Å². The minimum atomic E-state index is -3.85. The van der Waals surface area contributed by atoms with Gasteiger partial charge in [0.15, 0.2) is 5.76 Å². The first-order valence-corrected chi connectivity index (χ1v) is 10.7. The fraction of sp³-hybridized carbons (Fsp3) is 0.450. The first kappa shape index (κ1) is 20.5. The summed E-state index contributed by atoms with van der Waals surface area (Å²) >= 11 is 0. The molecule has 1 aromatic heterocycles. The maximum absolute atomic E-state index is 13.4. The maximum Gasteiger partial charge on any atom is 0.289 e. The number of rotatable bonds is 5. The third-order valence-electron chi connectivity index (χ3n) is 4.50. The van der Waals surface area contributed by atoms with Crippen LogP contribution in [-0.4, -0.2) is 37.4 Å². The summed E-state index contributed by atoms with van der Waals surface area (Å²) in [5.74, 6) is -0.669. The summed E-state index contributed by atoms with van der Waals surface area (Å²) in [7, 11) is -3.85. The number of nitrogens with zero attached hydrogens (tertiary/aromatic N) is 1. The Labute approximate surface area is 164 Å². The summed E-state index contributed by atoms with van der Waals surface area (Å²) in [6.45, 7) is 5.73. The lowest BCUT2D eigenvalue weighted by Crippen LogP contribution is -2.40. The van der Waals surface area contributed by atoms with E-state index in [1.807, 2.05) is 6.07 Å². The molecule has 3 rings (SSSR count). The van der Waals surface area contributed by atoms with Gasteiger partial charge < -0.3 is 9.32 Å². The van der Waals surface area contributed by atoms with E-state index in [-0.39, 0.29) is 28.6 Å². The third-order valence-corrected chi connectivity index (χ3v) is 6.13. The van der Waals surface area contributed by atoms with Crippen molar-refractivity contribution in [3.63, 3.8) is 0 Å². The summed E-state index contributed by atoms with van der Waals surface area (Å²) in [4.78, 5) is 14.6. The maximum atomic E-state index is 13.4. The van der Waals surface area contributed by atoms with E-state index in [2.05, 4.69) is 4.72 Å². The number of carbonyl (C=O) groups is 1. The van der Waals surface area contributed by atoms with Gasteiger partial charge in [-0.2, -0.15) is 0 Å². The van der Waals surface area contributed by atoms with Crippen molar-refractivity contribution in [1.29, 1.82) is 0 Å². The molecule has 152 valence electrons. The van der Waals surface area contributed by atoms with E-state index in [9.17, 15) is 17.6 Å². The van der Waals surface area contributed by atoms with Crippen LogP contribution in [0, 0.1) is 5.82 Å². The molecule has 1 aliphatic rings. The Morgan fingerprint density at radius 2 is 2.04 bits per heavy atom. The lowest BCUT2D eigenvalue weighted by molar-refractivity contribution is 0.0698. The summed E-state index contributed by atoms with van der Waals surface area (Å²) in [5.41, 5.74) is 0.155. The second kappa shape index (κ2) is 7.67. The lowest BCUT2D eigenvalue weighted by atomic mass is 10.0. The Morgan fingerprint density at radius 1 is 1.29 bits per heavy atom. The van der Waals surface area contributed by atoms with Crippen molar-refractivity contribution < 1.29 is 22.0 Å². The summed E-state index contributed by atoms with van der Waals surface area (Å²) in [5, 5.41) is -0.286. The van der Waals surface area contributed by atoms with E-state index >= 15 is 0 Å². The highest BCUT2D eigenvalue weighted by molar-refractivity contribution is 7.89. The number of carbonyl (C=O) groups excluding carboxylic acids is 1. The molecular formula is C20H25FN2O4S. The van der Waals surface area contributed by atoms with Gasteiger partial charge in [-0.15, -0.1) is 0 Å². The van der Waals surface area contributed by atoms with E-state index in [1.54, 1.807) is 31.7 Å². The standard InChI is InChI=1S/C20H25FN2O4S/c1-20(2,3)22-28(25,26)18-10-9-17(27-18)19(24)23-11-5-8-16(23)13-14-6-4-7-15(21)12-14/h4,6-7,9-10,12,16,22H,5,8,11,13H2,1-3H3. The molecule has 28 heavy (non-hydrogen) atoms. The van der Waals surface area contributed by atoms with Crippen LogP contribution in [0.3, 0.4) is 0 Å². The first-order valence-electron chi connectivity index (χ1n) is 9.24. The molecule has 0 spiro atoms. The van der Waals surface area contributed by atoms with Gasteiger partial charge in [0.1, 0.15) is 5.82 Å². The fourth-order valence-corrected chi connectivity index (χ4v) is 4.78. The van der Waals surface area contributed by atoms with Crippen LogP contribution >= 0.6 is 0 Å². The summed E-state index contributed by atoms with van der Waals surface area (Å²) in [6.07, 6.45) is 2.18. The van der Waals surface area contributed by atoms with Crippen LogP contribution in [0.4, 0.5) is 4.39 Å². The normalized spacial score (nSPS) is 17.9. The van der Waals surface area contributed by atoms with Crippen molar-refractivity contribution in [3.8, 4) is 0 Å². The van der Waals surface area contributed by atoms with Gasteiger partial charge in [0.05, 0.1) is 0 Å². The molecule has 6 nitrogen and oxygen atoms in total. The molecule has 1 aliphatic heterocycles. The van der Waals surface area contributed by atoms with Crippen LogP contribution in [0.15, 0.2) is 45.9 Å². The number of benzene rings is 1. The zero-order valence-electron chi connectivity index (χ0n) is 16.2. The number of nitrogens with one attached hydrogen (secondary N) is 1. The van der Waals surface area contributed by atoms with Crippen LogP contribution in [0.2, 0.25) is 0 Å². The van der Waals surface area contributed by atoms with Crippen molar-refractivity contribution in [3.05, 3.63) is 53.5 Å². The number of likely N-dealkylation sites (tertiary alicyclic amines) is 1. The van der Waals surface area contributed by atoms with Crippen LogP contribution in [0.25, 0.3) is 0 Å². The smallest absolute Gasteiger partial charge is 0.289 e. The Bertz CT molecular complexity index is 963. The van der Waals surface area contributed by atoms with Gasteiger partial charge in [-0.3, -0.25) is 4.79 Å². The highest BCUT2D eigenvalue weighted by Gasteiger charge is 2.32. The molecule has 0 saturated carbocycles. The minimum absolute atomic E-state index is 0.0135. The molecule has 8 heteroatoms. The number of hydrogen-bond acceptors (Lipinski definition) is 4. The first-order chi connectivity index (χ1) is 13.0. The molecule has 0 bridgehead atoms. The molecular weight excluding hydrogens is 383 g/mol. The number of amides is 1. The summed E-state index contributed by atoms with van der Waals surface area (Å²) < 4.78 is 46.1. The number of sulfonamides is 1. The number of halogens is 1. The molecule has 2 aromatic rings. The molecule has 1 N–H and O–H groups in total. The predicted molar refractivity (Wildman–Crippen MR) is 103 cm³/mol. The SMILES string of the molecule is CC(C)(C)NS(=O)(=O)c1ccc(C(=O)N2CCCC2Cc2cccc(F)c2)o1. The average Bonchev–Trinajstić information content (AvgIpc) is 3.21. The van der Waals surface area contributed by atoms with Gasteiger partial charge >= 0.3 is 0 Å². The topological polar surface area (TPSA) is 79.6 Å². The zero-order valence-corrected chi connectivity index (χ0v) is 17.1. The Hall–Kier alpha value is -2.19. The molecule has 1 fully saturated rings. The van der Waals surface area contributed by atoms with E-state index in [0.29, 0.717) is 13.0 Å². The lowest BCUT2D eigenvalue weighted by Gasteiger charge is -2.24. The van der Waals surface area contributed by atoms with Gasteiger partial charge in [-0.1, -0.05) is 12.1 Å². The van der Waals surface area contributed by atoms with Crippen LogP contribution in [-0.2, 0) is 16.4 Å². The molecule has 1 amide bonds. The second-order valence-electron chi connectivity index (χ2n) is 8.10. The molecule has 2 heterocycles. The van der Waals surface area contributed by atoms with E-state index in [1.165, 1.54) is 24.3 Å². The van der Waals surface area contributed by atoms with Crippen molar-refractivity contribution >= 4 is 15.9 Å². The Kier molecular flexibility index (Phi) is 5.63.